The van der Waals surface area contributed by atoms with Crippen LogP contribution in [0.3, 0.4) is 0 Å². The number of aromatic nitrogens is 1. The summed E-state index contributed by atoms with van der Waals surface area (Å²) in [5.74, 6) is -0.0394. The van der Waals surface area contributed by atoms with E-state index in [4.69, 9.17) is 9.84 Å². The molecule has 0 unspecified atom stereocenters. The average Bonchev–Trinajstić information content (AvgIpc) is 2.96. The van der Waals surface area contributed by atoms with Gasteiger partial charge >= 0.3 is 5.97 Å². The first-order valence-corrected chi connectivity index (χ1v) is 9.36. The molecule has 0 bridgehead atoms. The third kappa shape index (κ3) is 5.62. The highest BCUT2D eigenvalue weighted by molar-refractivity contribution is 9.10. The molecule has 1 aromatic carbocycles. The van der Waals surface area contributed by atoms with Crippen LogP contribution in [0.5, 0.6) is 5.75 Å². The van der Waals surface area contributed by atoms with Gasteiger partial charge in [-0.05, 0) is 40.5 Å². The molecule has 2 rings (SSSR count). The molecule has 0 saturated heterocycles. The fourth-order valence-corrected chi connectivity index (χ4v) is 3.45. The number of thiazole rings is 1. The lowest BCUT2D eigenvalue weighted by Gasteiger charge is -2.09. The summed E-state index contributed by atoms with van der Waals surface area (Å²) in [7, 11) is 0. The van der Waals surface area contributed by atoms with Gasteiger partial charge in [0.2, 0.25) is 0 Å². The van der Waals surface area contributed by atoms with Crippen LogP contribution in [-0.2, 0) is 11.2 Å². The van der Waals surface area contributed by atoms with Crippen molar-refractivity contribution in [3.63, 3.8) is 0 Å². The predicted octanol–water partition coefficient (Wildman–Crippen LogP) is 5.16. The molecule has 0 atom stereocenters. The molecule has 0 aliphatic rings. The van der Waals surface area contributed by atoms with Gasteiger partial charge in [-0.2, -0.15) is 0 Å². The van der Waals surface area contributed by atoms with E-state index >= 15 is 0 Å². The Morgan fingerprint density at radius 3 is 2.87 bits per heavy atom. The molecule has 0 aliphatic carbocycles. The zero-order chi connectivity index (χ0) is 16.7. The number of ether oxygens (including phenoxy) is 1. The van der Waals surface area contributed by atoms with E-state index in [9.17, 15) is 4.79 Å². The summed E-state index contributed by atoms with van der Waals surface area (Å²) in [6.45, 7) is 2.91. The second-order valence-electron chi connectivity index (χ2n) is 5.27. The van der Waals surface area contributed by atoms with Crippen LogP contribution in [0.15, 0.2) is 28.1 Å². The molecular weight excluding hydrogens is 378 g/mol. The van der Waals surface area contributed by atoms with Crippen LogP contribution in [0.4, 0.5) is 0 Å². The second-order valence-corrected chi connectivity index (χ2v) is 6.98. The van der Waals surface area contributed by atoms with Gasteiger partial charge in [-0.25, -0.2) is 4.98 Å². The van der Waals surface area contributed by atoms with Gasteiger partial charge in [-0.15, -0.1) is 11.3 Å². The third-order valence-corrected chi connectivity index (χ3v) is 4.88. The Kier molecular flexibility index (Phi) is 7.05. The highest BCUT2D eigenvalue weighted by atomic mass is 79.9. The highest BCUT2D eigenvalue weighted by Crippen LogP contribution is 2.32. The third-order valence-electron chi connectivity index (χ3n) is 3.32. The minimum Gasteiger partial charge on any atom is -0.492 e. The molecule has 4 nitrogen and oxygen atoms in total. The Labute approximate surface area is 148 Å². The smallest absolute Gasteiger partial charge is 0.309 e. The Morgan fingerprint density at radius 2 is 2.17 bits per heavy atom. The van der Waals surface area contributed by atoms with Crippen LogP contribution in [-0.4, -0.2) is 22.7 Å². The topological polar surface area (TPSA) is 59.4 Å². The lowest BCUT2D eigenvalue weighted by Crippen LogP contribution is -2.00. The molecule has 1 N–H and O–H groups in total. The van der Waals surface area contributed by atoms with Gasteiger partial charge in [0.1, 0.15) is 10.8 Å². The minimum atomic E-state index is -0.866. The largest absolute Gasteiger partial charge is 0.492 e. The normalized spacial score (nSPS) is 10.7. The monoisotopic (exact) mass is 397 g/mol. The molecule has 0 spiro atoms. The van der Waals surface area contributed by atoms with Gasteiger partial charge < -0.3 is 9.84 Å². The number of hydrogen-bond acceptors (Lipinski definition) is 4. The molecular formula is C17H20BrNO3S. The zero-order valence-corrected chi connectivity index (χ0v) is 15.5. The number of carbonyl (C=O) groups is 1. The Bertz CT molecular complexity index is 657. The van der Waals surface area contributed by atoms with E-state index in [1.807, 2.05) is 18.2 Å². The zero-order valence-electron chi connectivity index (χ0n) is 13.0. The van der Waals surface area contributed by atoms with Crippen LogP contribution >= 0.6 is 27.3 Å². The van der Waals surface area contributed by atoms with Gasteiger partial charge in [-0.1, -0.05) is 26.2 Å². The van der Waals surface area contributed by atoms with Gasteiger partial charge in [-0.3, -0.25) is 4.79 Å². The van der Waals surface area contributed by atoms with E-state index in [2.05, 4.69) is 27.8 Å². The number of rotatable bonds is 9. The molecule has 6 heteroatoms. The number of halogens is 1. The van der Waals surface area contributed by atoms with E-state index < -0.39 is 5.97 Å². The molecule has 0 aliphatic heterocycles. The number of benzene rings is 1. The first kappa shape index (κ1) is 17.9. The number of carboxylic acid groups (broad SMARTS) is 1. The van der Waals surface area contributed by atoms with Crippen molar-refractivity contribution in [3.05, 3.63) is 33.7 Å². The van der Waals surface area contributed by atoms with E-state index in [-0.39, 0.29) is 6.42 Å². The van der Waals surface area contributed by atoms with Crippen LogP contribution < -0.4 is 4.74 Å². The molecule has 0 amide bonds. The maximum absolute atomic E-state index is 10.7. The van der Waals surface area contributed by atoms with Gasteiger partial charge in [0, 0.05) is 10.9 Å². The number of nitrogens with zero attached hydrogens (tertiary/aromatic N) is 1. The van der Waals surface area contributed by atoms with Gasteiger partial charge in [0.05, 0.1) is 23.2 Å². The van der Waals surface area contributed by atoms with Crippen molar-refractivity contribution in [1.82, 2.24) is 4.98 Å². The van der Waals surface area contributed by atoms with Crippen molar-refractivity contribution in [2.24, 2.45) is 0 Å². The predicted molar refractivity (Wildman–Crippen MR) is 96.2 cm³/mol. The second kappa shape index (κ2) is 9.03. The minimum absolute atomic E-state index is 0.0450. The molecule has 0 radical (unpaired) electrons. The van der Waals surface area contributed by atoms with Crippen molar-refractivity contribution in [1.29, 1.82) is 0 Å². The number of aliphatic carboxylic acids is 1. The summed E-state index contributed by atoms with van der Waals surface area (Å²) in [6, 6.07) is 5.85. The summed E-state index contributed by atoms with van der Waals surface area (Å²) in [4.78, 5) is 15.1. The summed E-state index contributed by atoms with van der Waals surface area (Å²) in [5, 5.41) is 11.4. The summed E-state index contributed by atoms with van der Waals surface area (Å²) >= 11 is 4.98. The molecule has 0 saturated carbocycles. The molecule has 124 valence electrons. The first-order chi connectivity index (χ1) is 11.1. The van der Waals surface area contributed by atoms with Crippen LogP contribution in [0.2, 0.25) is 0 Å². The van der Waals surface area contributed by atoms with Crippen molar-refractivity contribution >= 4 is 33.2 Å². The number of carboxylic acids is 1. The fraction of sp³-hybridized carbons (Fsp3) is 0.412. The molecule has 1 aromatic heterocycles. The van der Waals surface area contributed by atoms with E-state index in [1.165, 1.54) is 30.6 Å². The lowest BCUT2D eigenvalue weighted by molar-refractivity contribution is -0.136. The average molecular weight is 398 g/mol. The Balaban J connectivity index is 1.98. The Morgan fingerprint density at radius 1 is 1.35 bits per heavy atom. The summed E-state index contributed by atoms with van der Waals surface area (Å²) in [5.41, 5.74) is 1.54. The van der Waals surface area contributed by atoms with Crippen molar-refractivity contribution < 1.29 is 14.6 Å². The fourth-order valence-electron chi connectivity index (χ4n) is 2.14. The van der Waals surface area contributed by atoms with E-state index in [0.29, 0.717) is 5.69 Å². The van der Waals surface area contributed by atoms with E-state index in [1.54, 1.807) is 5.38 Å². The maximum Gasteiger partial charge on any atom is 0.309 e. The molecule has 2 aromatic rings. The van der Waals surface area contributed by atoms with Crippen molar-refractivity contribution in [2.45, 2.75) is 39.0 Å². The van der Waals surface area contributed by atoms with Crippen molar-refractivity contribution in [3.8, 4) is 16.3 Å². The SMILES string of the molecule is CCCCCCOc1ccc(-c2nc(CC(=O)O)cs2)cc1Br. The highest BCUT2D eigenvalue weighted by Gasteiger charge is 2.10. The van der Waals surface area contributed by atoms with E-state index in [0.717, 1.165) is 33.8 Å². The standard InChI is InChI=1S/C17H20BrNO3S/c1-2-3-4-5-8-22-15-7-6-12(9-14(15)18)17-19-13(11-23-17)10-16(20)21/h6-7,9,11H,2-5,8,10H2,1H3,(H,20,21). The van der Waals surface area contributed by atoms with Gasteiger partial charge in [0.25, 0.3) is 0 Å². The Hall–Kier alpha value is -1.40. The summed E-state index contributed by atoms with van der Waals surface area (Å²) in [6.07, 6.45) is 4.67. The lowest BCUT2D eigenvalue weighted by atomic mass is 10.2. The number of unbranched alkanes of at least 4 members (excludes halogenated alkanes) is 3. The number of hydrogen-bond donors (Lipinski definition) is 1. The van der Waals surface area contributed by atoms with Gasteiger partial charge in [0.15, 0.2) is 0 Å². The molecule has 0 fully saturated rings. The van der Waals surface area contributed by atoms with Crippen LogP contribution in [0.25, 0.3) is 10.6 Å². The molecule has 23 heavy (non-hydrogen) atoms. The van der Waals surface area contributed by atoms with Crippen LogP contribution in [0.1, 0.15) is 38.3 Å². The first-order valence-electron chi connectivity index (χ1n) is 7.69. The maximum atomic E-state index is 10.7. The molecule has 1 heterocycles. The van der Waals surface area contributed by atoms with Crippen LogP contribution in [0, 0.1) is 0 Å². The quantitative estimate of drug-likeness (QED) is 0.593. The summed E-state index contributed by atoms with van der Waals surface area (Å²) < 4.78 is 6.68. The van der Waals surface area contributed by atoms with Crippen molar-refractivity contribution in [2.75, 3.05) is 6.61 Å².